The van der Waals surface area contributed by atoms with Gasteiger partial charge >= 0.3 is 0 Å². The van der Waals surface area contributed by atoms with Crippen molar-refractivity contribution in [1.29, 1.82) is 0 Å². The highest BCUT2D eigenvalue weighted by Gasteiger charge is 2.12. The first-order chi connectivity index (χ1) is 13.1. The fourth-order valence-electron chi connectivity index (χ4n) is 3.06. The van der Waals surface area contributed by atoms with Crippen LogP contribution in [0.15, 0.2) is 59.4 Å². The van der Waals surface area contributed by atoms with Gasteiger partial charge in [-0.25, -0.2) is 4.98 Å². The van der Waals surface area contributed by atoms with Crippen molar-refractivity contribution >= 4 is 33.9 Å². The Morgan fingerprint density at radius 2 is 1.81 bits per heavy atom. The van der Waals surface area contributed by atoms with Crippen molar-refractivity contribution in [1.82, 2.24) is 14.5 Å². The Labute approximate surface area is 164 Å². The minimum Gasteiger partial charge on any atom is -0.348 e. The molecule has 3 aromatic rings. The van der Waals surface area contributed by atoms with Gasteiger partial charge in [-0.2, -0.15) is 0 Å². The maximum Gasteiger partial charge on any atom is 0.261 e. The molecule has 1 aromatic heterocycles. The molecule has 2 aromatic carbocycles. The number of thiocarbonyl (C=S) groups is 1. The molecule has 5 nitrogen and oxygen atoms in total. The molecule has 0 aliphatic heterocycles. The lowest BCUT2D eigenvalue weighted by Gasteiger charge is -2.25. The summed E-state index contributed by atoms with van der Waals surface area (Å²) in [5.41, 5.74) is 1.72. The van der Waals surface area contributed by atoms with E-state index in [1.54, 1.807) is 4.57 Å². The molecular formula is C21H24N4OS. The maximum atomic E-state index is 12.9. The Bertz CT molecular complexity index is 984. The van der Waals surface area contributed by atoms with E-state index in [4.69, 9.17) is 12.2 Å². The van der Waals surface area contributed by atoms with Gasteiger partial charge in [0, 0.05) is 31.7 Å². The molecule has 0 aliphatic rings. The fraction of sp³-hybridized carbons (Fsp3) is 0.286. The number of fused-ring (bicyclic) bond motifs is 1. The van der Waals surface area contributed by atoms with E-state index in [1.165, 1.54) is 0 Å². The van der Waals surface area contributed by atoms with Crippen molar-refractivity contribution in [2.75, 3.05) is 18.4 Å². The lowest BCUT2D eigenvalue weighted by Crippen LogP contribution is -2.39. The second-order valence-corrected chi connectivity index (χ2v) is 6.62. The number of anilines is 1. The summed E-state index contributed by atoms with van der Waals surface area (Å²) in [7, 11) is 0. The lowest BCUT2D eigenvalue weighted by molar-refractivity contribution is 0.409. The Balaban J connectivity index is 1.79. The zero-order valence-electron chi connectivity index (χ0n) is 15.7. The molecule has 6 heteroatoms. The average Bonchev–Trinajstić information content (AvgIpc) is 2.70. The predicted octanol–water partition coefficient (Wildman–Crippen LogP) is 3.68. The van der Waals surface area contributed by atoms with E-state index in [0.717, 1.165) is 23.6 Å². The first kappa shape index (κ1) is 19.0. The van der Waals surface area contributed by atoms with Crippen LogP contribution in [0.25, 0.3) is 10.9 Å². The summed E-state index contributed by atoms with van der Waals surface area (Å²) in [6, 6.07) is 17.4. The minimum absolute atomic E-state index is 0.00967. The Morgan fingerprint density at radius 3 is 2.52 bits per heavy atom. The summed E-state index contributed by atoms with van der Waals surface area (Å²) in [5, 5.41) is 4.57. The Morgan fingerprint density at radius 1 is 1.11 bits per heavy atom. The number of nitrogens with one attached hydrogen (secondary N) is 1. The molecule has 27 heavy (non-hydrogen) atoms. The van der Waals surface area contributed by atoms with Gasteiger partial charge in [0.1, 0.15) is 5.82 Å². The molecule has 0 saturated heterocycles. The summed E-state index contributed by atoms with van der Waals surface area (Å²) in [6.07, 6.45) is 0.707. The van der Waals surface area contributed by atoms with Crippen molar-refractivity contribution < 1.29 is 0 Å². The van der Waals surface area contributed by atoms with E-state index in [-0.39, 0.29) is 5.56 Å². The van der Waals surface area contributed by atoms with Gasteiger partial charge in [0.25, 0.3) is 5.56 Å². The van der Waals surface area contributed by atoms with E-state index in [2.05, 4.69) is 22.1 Å². The number of aromatic nitrogens is 2. The van der Waals surface area contributed by atoms with Gasteiger partial charge in [0.15, 0.2) is 5.11 Å². The van der Waals surface area contributed by atoms with Crippen LogP contribution in [0.5, 0.6) is 0 Å². The van der Waals surface area contributed by atoms with Crippen LogP contribution in [0.3, 0.4) is 0 Å². The molecule has 140 valence electrons. The number of hydrogen-bond donors (Lipinski definition) is 1. The number of likely N-dealkylation sites (N-methyl/N-ethyl adjacent to an activating group) is 1. The van der Waals surface area contributed by atoms with Crippen molar-refractivity contribution in [3.05, 3.63) is 70.8 Å². The van der Waals surface area contributed by atoms with Crippen LogP contribution in [-0.4, -0.2) is 32.7 Å². The third-order valence-corrected chi connectivity index (χ3v) is 4.90. The summed E-state index contributed by atoms with van der Waals surface area (Å²) in [6.45, 7) is 6.02. The normalized spacial score (nSPS) is 10.7. The summed E-state index contributed by atoms with van der Waals surface area (Å²) < 4.78 is 1.77. The second-order valence-electron chi connectivity index (χ2n) is 6.23. The standard InChI is InChI=1S/C21H24N4OS/c1-3-19-23-18-13-9-8-12-17(18)20(26)25(19)15-14-24(4-2)21(27)22-16-10-6-5-7-11-16/h5-13H,3-4,14-15H2,1-2H3,(H,22,27). The first-order valence-corrected chi connectivity index (χ1v) is 9.64. The lowest BCUT2D eigenvalue weighted by atomic mass is 10.2. The highest BCUT2D eigenvalue weighted by atomic mass is 32.1. The van der Waals surface area contributed by atoms with Crippen molar-refractivity contribution in [3.8, 4) is 0 Å². The summed E-state index contributed by atoms with van der Waals surface area (Å²) in [5.74, 6) is 0.802. The van der Waals surface area contributed by atoms with Crippen LogP contribution < -0.4 is 10.9 Å². The van der Waals surface area contributed by atoms with E-state index in [0.29, 0.717) is 30.0 Å². The SMILES string of the molecule is CCc1nc2ccccc2c(=O)n1CCN(CC)C(=S)Nc1ccccc1. The molecule has 0 bridgehead atoms. The van der Waals surface area contributed by atoms with Gasteiger partial charge in [-0.05, 0) is 43.4 Å². The molecule has 0 radical (unpaired) electrons. The summed E-state index contributed by atoms with van der Waals surface area (Å²) >= 11 is 5.55. The topological polar surface area (TPSA) is 50.2 Å². The van der Waals surface area contributed by atoms with Crippen LogP contribution in [0.2, 0.25) is 0 Å². The number of nitrogens with zero attached hydrogens (tertiary/aromatic N) is 3. The van der Waals surface area contributed by atoms with Gasteiger partial charge in [-0.1, -0.05) is 37.3 Å². The largest absolute Gasteiger partial charge is 0.348 e. The van der Waals surface area contributed by atoms with Crippen molar-refractivity contribution in [2.24, 2.45) is 0 Å². The molecule has 0 unspecified atom stereocenters. The molecule has 0 atom stereocenters. The number of hydrogen-bond acceptors (Lipinski definition) is 3. The third-order valence-electron chi connectivity index (χ3n) is 4.54. The Hall–Kier alpha value is -2.73. The highest BCUT2D eigenvalue weighted by Crippen LogP contribution is 2.10. The minimum atomic E-state index is 0.00967. The predicted molar refractivity (Wildman–Crippen MR) is 115 cm³/mol. The third kappa shape index (κ3) is 4.34. The first-order valence-electron chi connectivity index (χ1n) is 9.23. The smallest absolute Gasteiger partial charge is 0.261 e. The number of rotatable bonds is 6. The van der Waals surface area contributed by atoms with E-state index in [9.17, 15) is 4.79 Å². The van der Waals surface area contributed by atoms with Crippen molar-refractivity contribution in [2.45, 2.75) is 26.8 Å². The summed E-state index contributed by atoms with van der Waals surface area (Å²) in [4.78, 5) is 19.7. The molecule has 1 heterocycles. The second kappa shape index (κ2) is 8.77. The van der Waals surface area contributed by atoms with Crippen LogP contribution in [-0.2, 0) is 13.0 Å². The quantitative estimate of drug-likeness (QED) is 0.661. The molecule has 0 amide bonds. The van der Waals surface area contributed by atoms with E-state index >= 15 is 0 Å². The number of aryl methyl sites for hydroxylation is 1. The fourth-order valence-corrected chi connectivity index (χ4v) is 3.40. The van der Waals surface area contributed by atoms with Crippen LogP contribution in [0.1, 0.15) is 19.7 Å². The zero-order valence-corrected chi connectivity index (χ0v) is 16.5. The molecule has 1 N–H and O–H groups in total. The van der Waals surface area contributed by atoms with E-state index < -0.39 is 0 Å². The van der Waals surface area contributed by atoms with Crippen molar-refractivity contribution in [3.63, 3.8) is 0 Å². The highest BCUT2D eigenvalue weighted by molar-refractivity contribution is 7.80. The van der Waals surface area contributed by atoms with E-state index in [1.807, 2.05) is 61.5 Å². The van der Waals surface area contributed by atoms with Gasteiger partial charge in [-0.15, -0.1) is 0 Å². The molecular weight excluding hydrogens is 356 g/mol. The number of benzene rings is 2. The molecule has 0 fully saturated rings. The molecule has 0 spiro atoms. The molecule has 3 rings (SSSR count). The van der Waals surface area contributed by atoms with Gasteiger partial charge in [0.05, 0.1) is 10.9 Å². The van der Waals surface area contributed by atoms with Crippen LogP contribution >= 0.6 is 12.2 Å². The number of para-hydroxylation sites is 2. The zero-order chi connectivity index (χ0) is 19.2. The van der Waals surface area contributed by atoms with Gasteiger partial charge in [-0.3, -0.25) is 9.36 Å². The molecule has 0 saturated carbocycles. The van der Waals surface area contributed by atoms with Gasteiger partial charge < -0.3 is 10.2 Å². The Kier molecular flexibility index (Phi) is 6.19. The van der Waals surface area contributed by atoms with Gasteiger partial charge in [0.2, 0.25) is 0 Å². The van der Waals surface area contributed by atoms with Crippen LogP contribution in [0, 0.1) is 0 Å². The average molecular weight is 381 g/mol. The maximum absolute atomic E-state index is 12.9. The molecule has 0 aliphatic carbocycles. The monoisotopic (exact) mass is 380 g/mol. The van der Waals surface area contributed by atoms with Crippen LogP contribution in [0.4, 0.5) is 5.69 Å².